The predicted molar refractivity (Wildman–Crippen MR) is 69.1 cm³/mol. The Labute approximate surface area is 107 Å². The molecule has 1 N–H and O–H groups in total. The van der Waals surface area contributed by atoms with Gasteiger partial charge in [-0.3, -0.25) is 4.79 Å². The molecule has 1 aromatic carbocycles. The minimum Gasteiger partial charge on any atom is -0.383 e. The van der Waals surface area contributed by atoms with E-state index < -0.39 is 0 Å². The summed E-state index contributed by atoms with van der Waals surface area (Å²) in [6.07, 6.45) is 0. The van der Waals surface area contributed by atoms with E-state index in [0.717, 1.165) is 0 Å². The molecule has 0 aromatic heterocycles. The Hall–Kier alpha value is -1.42. The van der Waals surface area contributed by atoms with Crippen molar-refractivity contribution in [2.75, 3.05) is 13.7 Å². The second-order valence-corrected chi connectivity index (χ2v) is 4.74. The summed E-state index contributed by atoms with van der Waals surface area (Å²) in [6, 6.07) is 4.11. The number of hydrogen-bond donors (Lipinski definition) is 1. The fourth-order valence-corrected chi connectivity index (χ4v) is 1.71. The van der Waals surface area contributed by atoms with Gasteiger partial charge < -0.3 is 10.1 Å². The molecule has 100 valence electrons. The average molecular weight is 253 g/mol. The molecule has 0 radical (unpaired) electrons. The maximum Gasteiger partial charge on any atom is 0.251 e. The Balaban J connectivity index is 2.80. The number of hydrogen-bond acceptors (Lipinski definition) is 2. The summed E-state index contributed by atoms with van der Waals surface area (Å²) in [4.78, 5) is 12.1. The van der Waals surface area contributed by atoms with Crippen molar-refractivity contribution in [3.8, 4) is 0 Å². The molecule has 1 unspecified atom stereocenters. The molecule has 0 aliphatic rings. The van der Waals surface area contributed by atoms with Crippen LogP contribution in [-0.4, -0.2) is 25.7 Å². The number of aryl methyl sites for hydroxylation is 1. The number of carbonyl (C=O) groups excluding carboxylic acids is 1. The van der Waals surface area contributed by atoms with Crippen molar-refractivity contribution < 1.29 is 13.9 Å². The van der Waals surface area contributed by atoms with Gasteiger partial charge in [0.25, 0.3) is 5.91 Å². The molecule has 18 heavy (non-hydrogen) atoms. The lowest BCUT2D eigenvalue weighted by Gasteiger charge is -2.22. The van der Waals surface area contributed by atoms with E-state index in [4.69, 9.17) is 4.74 Å². The molecule has 0 bridgehead atoms. The molecular weight excluding hydrogens is 233 g/mol. The maximum atomic E-state index is 13.0. The van der Waals surface area contributed by atoms with E-state index in [1.54, 1.807) is 14.0 Å². The topological polar surface area (TPSA) is 38.3 Å². The number of methoxy groups -OCH3 is 1. The number of amides is 1. The van der Waals surface area contributed by atoms with Gasteiger partial charge >= 0.3 is 0 Å². The van der Waals surface area contributed by atoms with Crippen LogP contribution in [0.3, 0.4) is 0 Å². The third kappa shape index (κ3) is 3.81. The minimum absolute atomic E-state index is 0.0491. The first-order valence-electron chi connectivity index (χ1n) is 6.01. The smallest absolute Gasteiger partial charge is 0.251 e. The summed E-state index contributed by atoms with van der Waals surface area (Å²) >= 11 is 0. The van der Waals surface area contributed by atoms with Crippen LogP contribution < -0.4 is 5.32 Å². The lowest BCUT2D eigenvalue weighted by atomic mass is 10.0. The van der Waals surface area contributed by atoms with E-state index in [9.17, 15) is 9.18 Å². The second kappa shape index (κ2) is 6.50. The number of halogens is 1. The van der Waals surface area contributed by atoms with Gasteiger partial charge in [0.05, 0.1) is 12.6 Å². The summed E-state index contributed by atoms with van der Waals surface area (Å²) in [5, 5.41) is 2.91. The van der Waals surface area contributed by atoms with Crippen molar-refractivity contribution in [3.05, 3.63) is 35.1 Å². The summed E-state index contributed by atoms with van der Waals surface area (Å²) in [5.74, 6) is -0.251. The van der Waals surface area contributed by atoms with E-state index in [-0.39, 0.29) is 23.7 Å². The lowest BCUT2D eigenvalue weighted by molar-refractivity contribution is 0.0866. The highest BCUT2D eigenvalue weighted by Crippen LogP contribution is 2.11. The summed E-state index contributed by atoms with van der Waals surface area (Å²) in [7, 11) is 1.60. The van der Waals surface area contributed by atoms with Gasteiger partial charge in [-0.25, -0.2) is 4.39 Å². The molecule has 0 aliphatic carbocycles. The van der Waals surface area contributed by atoms with Crippen LogP contribution in [0.4, 0.5) is 4.39 Å². The van der Waals surface area contributed by atoms with Crippen molar-refractivity contribution >= 4 is 5.91 Å². The van der Waals surface area contributed by atoms with Crippen LogP contribution in [0, 0.1) is 18.7 Å². The molecule has 1 amide bonds. The highest BCUT2D eigenvalue weighted by atomic mass is 19.1. The normalized spacial score (nSPS) is 12.6. The quantitative estimate of drug-likeness (QED) is 0.875. The Kier molecular flexibility index (Phi) is 5.28. The summed E-state index contributed by atoms with van der Waals surface area (Å²) in [5.41, 5.74) is 1.13. The number of rotatable bonds is 5. The highest BCUT2D eigenvalue weighted by molar-refractivity contribution is 5.95. The van der Waals surface area contributed by atoms with Crippen LogP contribution in [0.5, 0.6) is 0 Å². The van der Waals surface area contributed by atoms with Crippen LogP contribution in [-0.2, 0) is 4.74 Å². The molecule has 0 heterocycles. The van der Waals surface area contributed by atoms with Crippen LogP contribution >= 0.6 is 0 Å². The van der Waals surface area contributed by atoms with Gasteiger partial charge in [-0.15, -0.1) is 0 Å². The van der Waals surface area contributed by atoms with Crippen LogP contribution in [0.25, 0.3) is 0 Å². The van der Waals surface area contributed by atoms with Gasteiger partial charge in [-0.1, -0.05) is 13.8 Å². The third-order valence-electron chi connectivity index (χ3n) is 2.90. The maximum absolute atomic E-state index is 13.0. The fourth-order valence-electron chi connectivity index (χ4n) is 1.71. The molecule has 0 saturated heterocycles. The predicted octanol–water partition coefficient (Wildman–Crippen LogP) is 2.53. The molecule has 1 rings (SSSR count). The largest absolute Gasteiger partial charge is 0.383 e. The molecule has 0 saturated carbocycles. The van der Waals surface area contributed by atoms with E-state index in [1.165, 1.54) is 18.2 Å². The summed E-state index contributed by atoms with van der Waals surface area (Å²) in [6.45, 7) is 6.21. The monoisotopic (exact) mass is 253 g/mol. The number of nitrogens with one attached hydrogen (secondary N) is 1. The SMILES string of the molecule is COCC(NC(=O)c1ccc(F)cc1C)C(C)C. The standard InChI is InChI=1S/C14H20FNO2/c1-9(2)13(8-18-4)16-14(17)12-6-5-11(15)7-10(12)3/h5-7,9,13H,8H2,1-4H3,(H,16,17). The van der Waals surface area contributed by atoms with Crippen molar-refractivity contribution in [2.45, 2.75) is 26.8 Å². The zero-order valence-electron chi connectivity index (χ0n) is 11.3. The zero-order valence-corrected chi connectivity index (χ0v) is 11.3. The van der Waals surface area contributed by atoms with Crippen LogP contribution in [0.15, 0.2) is 18.2 Å². The molecule has 4 heteroatoms. The Bertz CT molecular complexity index is 418. The van der Waals surface area contributed by atoms with Gasteiger partial charge in [-0.05, 0) is 36.6 Å². The molecule has 1 aromatic rings. The Morgan fingerprint density at radius 2 is 2.11 bits per heavy atom. The number of benzene rings is 1. The van der Waals surface area contributed by atoms with Crippen molar-refractivity contribution in [1.29, 1.82) is 0 Å². The van der Waals surface area contributed by atoms with Crippen LogP contribution in [0.1, 0.15) is 29.8 Å². The molecule has 0 spiro atoms. The molecular formula is C14H20FNO2. The first-order valence-corrected chi connectivity index (χ1v) is 6.01. The van der Waals surface area contributed by atoms with E-state index in [0.29, 0.717) is 17.7 Å². The van der Waals surface area contributed by atoms with Gasteiger partial charge in [0.2, 0.25) is 0 Å². The first kappa shape index (κ1) is 14.6. The van der Waals surface area contributed by atoms with Gasteiger partial charge in [0.15, 0.2) is 0 Å². The van der Waals surface area contributed by atoms with Crippen molar-refractivity contribution in [3.63, 3.8) is 0 Å². The molecule has 0 aliphatic heterocycles. The van der Waals surface area contributed by atoms with E-state index in [1.807, 2.05) is 13.8 Å². The zero-order chi connectivity index (χ0) is 13.7. The lowest BCUT2D eigenvalue weighted by Crippen LogP contribution is -2.41. The summed E-state index contributed by atoms with van der Waals surface area (Å²) < 4.78 is 18.0. The Morgan fingerprint density at radius 3 is 2.61 bits per heavy atom. The molecule has 3 nitrogen and oxygen atoms in total. The van der Waals surface area contributed by atoms with Gasteiger partial charge in [0.1, 0.15) is 5.82 Å². The van der Waals surface area contributed by atoms with E-state index >= 15 is 0 Å². The van der Waals surface area contributed by atoms with Crippen LogP contribution in [0.2, 0.25) is 0 Å². The Morgan fingerprint density at radius 1 is 1.44 bits per heavy atom. The van der Waals surface area contributed by atoms with Crippen molar-refractivity contribution in [1.82, 2.24) is 5.32 Å². The highest BCUT2D eigenvalue weighted by Gasteiger charge is 2.18. The second-order valence-electron chi connectivity index (χ2n) is 4.74. The number of carbonyl (C=O) groups is 1. The minimum atomic E-state index is -0.332. The average Bonchev–Trinajstić information content (AvgIpc) is 2.27. The fraction of sp³-hybridized carbons (Fsp3) is 0.500. The van der Waals surface area contributed by atoms with E-state index in [2.05, 4.69) is 5.32 Å². The third-order valence-corrected chi connectivity index (χ3v) is 2.90. The van der Waals surface area contributed by atoms with Crippen molar-refractivity contribution in [2.24, 2.45) is 5.92 Å². The molecule has 0 fully saturated rings. The first-order chi connectivity index (χ1) is 8.45. The molecule has 1 atom stereocenters. The van der Waals surface area contributed by atoms with Gasteiger partial charge in [-0.2, -0.15) is 0 Å². The number of ether oxygens (including phenoxy) is 1. The van der Waals surface area contributed by atoms with Gasteiger partial charge in [0, 0.05) is 12.7 Å².